The molecule has 0 aliphatic carbocycles. The van der Waals surface area contributed by atoms with Crippen LogP contribution in [0, 0.1) is 5.92 Å². The summed E-state index contributed by atoms with van der Waals surface area (Å²) in [5.41, 5.74) is 2.08. The Balaban J connectivity index is 1.91. The summed E-state index contributed by atoms with van der Waals surface area (Å²) in [4.78, 5) is 25.5. The summed E-state index contributed by atoms with van der Waals surface area (Å²) in [5, 5.41) is 11.7. The highest BCUT2D eigenvalue weighted by atomic mass is 16.3. The number of amides is 2. The lowest BCUT2D eigenvalue weighted by molar-refractivity contribution is -0.121. The van der Waals surface area contributed by atoms with Crippen LogP contribution in [0.25, 0.3) is 0 Å². The lowest BCUT2D eigenvalue weighted by Crippen LogP contribution is -2.38. The highest BCUT2D eigenvalue weighted by Crippen LogP contribution is 2.27. The van der Waals surface area contributed by atoms with E-state index >= 15 is 0 Å². The number of hydrogen-bond acceptors (Lipinski definition) is 3. The van der Waals surface area contributed by atoms with Gasteiger partial charge in [-0.1, -0.05) is 25.1 Å². The number of fused-ring (bicyclic) bond motifs is 1. The minimum Gasteiger partial charge on any atom is -0.396 e. The zero-order valence-electron chi connectivity index (χ0n) is 12.3. The lowest BCUT2D eigenvalue weighted by atomic mass is 10.0. The SMILES string of the molecule is CC(CO)CNC(=O)CCN1C(=O)CCc2ccccc21. The second-order valence-electron chi connectivity index (χ2n) is 5.52. The third kappa shape index (κ3) is 4.04. The molecule has 5 heteroatoms. The molecular weight excluding hydrogens is 268 g/mol. The molecule has 114 valence electrons. The Morgan fingerprint density at radius 3 is 2.90 bits per heavy atom. The molecule has 0 saturated carbocycles. The van der Waals surface area contributed by atoms with E-state index in [2.05, 4.69) is 5.32 Å². The molecule has 2 rings (SSSR count). The van der Waals surface area contributed by atoms with E-state index in [1.54, 1.807) is 4.90 Å². The van der Waals surface area contributed by atoms with Gasteiger partial charge < -0.3 is 15.3 Å². The molecule has 5 nitrogen and oxygen atoms in total. The van der Waals surface area contributed by atoms with Crippen LogP contribution in [-0.4, -0.2) is 36.6 Å². The minimum atomic E-state index is -0.0915. The van der Waals surface area contributed by atoms with Crippen molar-refractivity contribution in [2.75, 3.05) is 24.6 Å². The van der Waals surface area contributed by atoms with E-state index in [0.29, 0.717) is 19.5 Å². The van der Waals surface area contributed by atoms with Crippen molar-refractivity contribution in [3.05, 3.63) is 29.8 Å². The first-order valence-corrected chi connectivity index (χ1v) is 7.37. The molecule has 0 bridgehead atoms. The number of carbonyl (C=O) groups excluding carboxylic acids is 2. The maximum atomic E-state index is 12.0. The normalized spacial score (nSPS) is 15.5. The Morgan fingerprint density at radius 2 is 2.14 bits per heavy atom. The van der Waals surface area contributed by atoms with Crippen LogP contribution in [0.3, 0.4) is 0 Å². The van der Waals surface area contributed by atoms with Crippen LogP contribution in [0.2, 0.25) is 0 Å². The van der Waals surface area contributed by atoms with Crippen LogP contribution in [0.5, 0.6) is 0 Å². The molecule has 2 N–H and O–H groups in total. The Morgan fingerprint density at radius 1 is 1.38 bits per heavy atom. The molecule has 1 aromatic carbocycles. The molecule has 1 aliphatic heterocycles. The van der Waals surface area contributed by atoms with Gasteiger partial charge in [0.1, 0.15) is 0 Å². The van der Waals surface area contributed by atoms with Gasteiger partial charge in [-0.25, -0.2) is 0 Å². The number of nitrogens with zero attached hydrogens (tertiary/aromatic N) is 1. The quantitative estimate of drug-likeness (QED) is 0.824. The van der Waals surface area contributed by atoms with Crippen molar-refractivity contribution in [3.8, 4) is 0 Å². The van der Waals surface area contributed by atoms with E-state index in [4.69, 9.17) is 5.11 Å². The fraction of sp³-hybridized carbons (Fsp3) is 0.500. The van der Waals surface area contributed by atoms with Crippen molar-refractivity contribution in [1.29, 1.82) is 0 Å². The van der Waals surface area contributed by atoms with Crippen LogP contribution >= 0.6 is 0 Å². The van der Waals surface area contributed by atoms with Gasteiger partial charge in [0.25, 0.3) is 0 Å². The molecule has 0 aromatic heterocycles. The number of benzene rings is 1. The number of anilines is 1. The standard InChI is InChI=1S/C16H22N2O3/c1-12(11-19)10-17-15(20)8-9-18-14-5-3-2-4-13(14)6-7-16(18)21/h2-5,12,19H,6-11H2,1H3,(H,17,20). The van der Waals surface area contributed by atoms with Gasteiger partial charge in [-0.2, -0.15) is 0 Å². The number of carbonyl (C=O) groups is 2. The molecule has 1 aromatic rings. The van der Waals surface area contributed by atoms with Gasteiger partial charge in [-0.15, -0.1) is 0 Å². The van der Waals surface area contributed by atoms with Crippen molar-refractivity contribution in [1.82, 2.24) is 5.32 Å². The minimum absolute atomic E-state index is 0.0475. The van der Waals surface area contributed by atoms with E-state index in [1.165, 1.54) is 0 Å². The number of hydrogen-bond donors (Lipinski definition) is 2. The molecule has 21 heavy (non-hydrogen) atoms. The Hall–Kier alpha value is -1.88. The number of nitrogens with one attached hydrogen (secondary N) is 1. The second-order valence-corrected chi connectivity index (χ2v) is 5.52. The van der Waals surface area contributed by atoms with Crippen LogP contribution in [0.4, 0.5) is 5.69 Å². The monoisotopic (exact) mass is 290 g/mol. The van der Waals surface area contributed by atoms with Gasteiger partial charge in [0, 0.05) is 38.2 Å². The number of aryl methyl sites for hydroxylation is 1. The Kier molecular flexibility index (Phi) is 5.33. The molecular formula is C16H22N2O3. The molecule has 0 fully saturated rings. The summed E-state index contributed by atoms with van der Waals surface area (Å²) in [6.07, 6.45) is 1.55. The fourth-order valence-corrected chi connectivity index (χ4v) is 2.40. The number of para-hydroxylation sites is 1. The summed E-state index contributed by atoms with van der Waals surface area (Å²) in [7, 11) is 0. The maximum absolute atomic E-state index is 12.0. The predicted octanol–water partition coefficient (Wildman–Crippen LogP) is 1.10. The van der Waals surface area contributed by atoms with Crippen molar-refractivity contribution < 1.29 is 14.7 Å². The molecule has 1 heterocycles. The van der Waals surface area contributed by atoms with Crippen LogP contribution in [0.1, 0.15) is 25.3 Å². The predicted molar refractivity (Wildman–Crippen MR) is 81.0 cm³/mol. The van der Waals surface area contributed by atoms with Crippen LogP contribution in [-0.2, 0) is 16.0 Å². The summed E-state index contributed by atoms with van der Waals surface area (Å²) in [6.45, 7) is 2.78. The molecule has 1 atom stereocenters. The summed E-state index contributed by atoms with van der Waals surface area (Å²) in [5.74, 6) is 0.0303. The van der Waals surface area contributed by atoms with E-state index in [1.807, 2.05) is 31.2 Å². The third-order valence-electron chi connectivity index (χ3n) is 3.71. The molecule has 0 radical (unpaired) electrons. The maximum Gasteiger partial charge on any atom is 0.227 e. The van der Waals surface area contributed by atoms with E-state index < -0.39 is 0 Å². The summed E-state index contributed by atoms with van der Waals surface area (Å²) >= 11 is 0. The van der Waals surface area contributed by atoms with Crippen LogP contribution in [0.15, 0.2) is 24.3 Å². The van der Waals surface area contributed by atoms with Gasteiger partial charge in [-0.3, -0.25) is 9.59 Å². The first-order valence-electron chi connectivity index (χ1n) is 7.37. The molecule has 1 unspecified atom stereocenters. The summed E-state index contributed by atoms with van der Waals surface area (Å²) in [6, 6.07) is 7.83. The van der Waals surface area contributed by atoms with E-state index in [0.717, 1.165) is 17.7 Å². The fourth-order valence-electron chi connectivity index (χ4n) is 2.40. The van der Waals surface area contributed by atoms with Crippen molar-refractivity contribution >= 4 is 17.5 Å². The van der Waals surface area contributed by atoms with Gasteiger partial charge in [0.15, 0.2) is 0 Å². The van der Waals surface area contributed by atoms with E-state index in [-0.39, 0.29) is 30.8 Å². The van der Waals surface area contributed by atoms with Gasteiger partial charge in [0.05, 0.1) is 0 Å². The molecule has 0 saturated heterocycles. The van der Waals surface area contributed by atoms with Crippen molar-refractivity contribution in [2.24, 2.45) is 5.92 Å². The first-order chi connectivity index (χ1) is 10.1. The molecule has 1 aliphatic rings. The topological polar surface area (TPSA) is 69.6 Å². The van der Waals surface area contributed by atoms with Crippen molar-refractivity contribution in [2.45, 2.75) is 26.2 Å². The Labute approximate surface area is 125 Å². The van der Waals surface area contributed by atoms with Gasteiger partial charge >= 0.3 is 0 Å². The third-order valence-corrected chi connectivity index (χ3v) is 3.71. The smallest absolute Gasteiger partial charge is 0.227 e. The number of rotatable bonds is 6. The zero-order valence-corrected chi connectivity index (χ0v) is 12.3. The van der Waals surface area contributed by atoms with Gasteiger partial charge in [0.2, 0.25) is 11.8 Å². The number of aliphatic hydroxyl groups is 1. The zero-order chi connectivity index (χ0) is 15.2. The van der Waals surface area contributed by atoms with E-state index in [9.17, 15) is 9.59 Å². The summed E-state index contributed by atoms with van der Waals surface area (Å²) < 4.78 is 0. The Bertz CT molecular complexity index is 516. The average Bonchev–Trinajstić information content (AvgIpc) is 2.51. The largest absolute Gasteiger partial charge is 0.396 e. The second kappa shape index (κ2) is 7.22. The number of aliphatic hydroxyl groups excluding tert-OH is 1. The van der Waals surface area contributed by atoms with Crippen molar-refractivity contribution in [3.63, 3.8) is 0 Å². The molecule has 2 amide bonds. The highest BCUT2D eigenvalue weighted by Gasteiger charge is 2.23. The highest BCUT2D eigenvalue weighted by molar-refractivity contribution is 5.96. The lowest BCUT2D eigenvalue weighted by Gasteiger charge is -2.29. The molecule has 0 spiro atoms. The van der Waals surface area contributed by atoms with Crippen LogP contribution < -0.4 is 10.2 Å². The average molecular weight is 290 g/mol. The first kappa shape index (κ1) is 15.5. The van der Waals surface area contributed by atoms with Gasteiger partial charge in [-0.05, 0) is 24.0 Å².